The van der Waals surface area contributed by atoms with Crippen molar-refractivity contribution in [3.05, 3.63) is 71.8 Å². The van der Waals surface area contributed by atoms with E-state index in [1.807, 2.05) is 0 Å². The molecule has 1 N–H and O–H groups in total. The molecule has 1 aliphatic rings. The van der Waals surface area contributed by atoms with E-state index in [-0.39, 0.29) is 0 Å². The maximum Gasteiger partial charge on any atom is 0.133 e. The molecule has 0 radical (unpaired) electrons. The first kappa shape index (κ1) is 25.0. The number of unbranched alkanes of at least 4 members (excludes halogenated alkanes) is 6. The maximum atomic E-state index is 6.91. The molecule has 2 heteroatoms. The molecular weight excluding hydrogens is 390 g/mol. The summed E-state index contributed by atoms with van der Waals surface area (Å²) >= 11 is 0. The minimum atomic E-state index is -0.411. The van der Waals surface area contributed by atoms with E-state index in [2.05, 4.69) is 86.8 Å². The van der Waals surface area contributed by atoms with Crippen molar-refractivity contribution >= 4 is 0 Å². The quantitative estimate of drug-likeness (QED) is 0.323. The van der Waals surface area contributed by atoms with Crippen molar-refractivity contribution in [2.24, 2.45) is 5.41 Å². The normalized spacial score (nSPS) is 17.0. The minimum Gasteiger partial charge on any atom is -0.364 e. The van der Waals surface area contributed by atoms with Gasteiger partial charge in [0.05, 0.1) is 0 Å². The summed E-state index contributed by atoms with van der Waals surface area (Å²) < 4.78 is 6.91. The summed E-state index contributed by atoms with van der Waals surface area (Å²) in [4.78, 5) is 0. The van der Waals surface area contributed by atoms with Gasteiger partial charge in [-0.3, -0.25) is 0 Å². The van der Waals surface area contributed by atoms with Gasteiger partial charge in [-0.05, 0) is 48.8 Å². The maximum absolute atomic E-state index is 6.91. The van der Waals surface area contributed by atoms with Crippen LogP contribution < -0.4 is 5.32 Å². The van der Waals surface area contributed by atoms with Gasteiger partial charge in [0.25, 0.3) is 0 Å². The second kappa shape index (κ2) is 12.6. The highest BCUT2D eigenvalue weighted by Crippen LogP contribution is 2.40. The fourth-order valence-corrected chi connectivity index (χ4v) is 5.11. The largest absolute Gasteiger partial charge is 0.364 e. The lowest BCUT2D eigenvalue weighted by molar-refractivity contribution is -0.0437. The minimum absolute atomic E-state index is 0.315. The Morgan fingerprint density at radius 3 is 1.78 bits per heavy atom. The summed E-state index contributed by atoms with van der Waals surface area (Å²) in [7, 11) is 0. The molecule has 0 amide bonds. The van der Waals surface area contributed by atoms with Gasteiger partial charge in [0.1, 0.15) is 5.60 Å². The van der Waals surface area contributed by atoms with Crippen molar-refractivity contribution in [1.82, 2.24) is 5.32 Å². The molecule has 1 unspecified atom stereocenters. The Morgan fingerprint density at radius 2 is 1.28 bits per heavy atom. The molecule has 0 saturated carbocycles. The van der Waals surface area contributed by atoms with E-state index in [4.69, 9.17) is 4.74 Å². The van der Waals surface area contributed by atoms with Crippen LogP contribution in [0.1, 0.15) is 96.1 Å². The van der Waals surface area contributed by atoms with Crippen LogP contribution >= 0.6 is 0 Å². The van der Waals surface area contributed by atoms with E-state index in [9.17, 15) is 0 Å². The topological polar surface area (TPSA) is 21.3 Å². The third-order valence-electron chi connectivity index (χ3n) is 6.86. The Kier molecular flexibility index (Phi) is 9.81. The van der Waals surface area contributed by atoms with E-state index in [1.54, 1.807) is 0 Å². The highest BCUT2D eigenvalue weighted by atomic mass is 16.5. The van der Waals surface area contributed by atoms with Gasteiger partial charge in [-0.25, -0.2) is 0 Å². The smallest absolute Gasteiger partial charge is 0.133 e. The number of ether oxygens (including phenoxy) is 1. The number of hydrogen-bond donors (Lipinski definition) is 1. The van der Waals surface area contributed by atoms with Crippen LogP contribution in [0.4, 0.5) is 0 Å². The van der Waals surface area contributed by atoms with Crippen molar-refractivity contribution in [2.75, 3.05) is 13.2 Å². The summed E-state index contributed by atoms with van der Waals surface area (Å²) in [5.74, 6) is 0. The SMILES string of the molecule is CC(C)(C)CCCCCCCCCOC(c1ccccc1)(c1ccccc1)C1CCCN1. The molecule has 0 spiro atoms. The molecule has 1 saturated heterocycles. The van der Waals surface area contributed by atoms with Gasteiger partial charge in [0.2, 0.25) is 0 Å². The molecule has 1 atom stereocenters. The molecule has 0 aromatic heterocycles. The molecule has 1 fully saturated rings. The van der Waals surface area contributed by atoms with Gasteiger partial charge < -0.3 is 10.1 Å². The molecule has 2 aromatic rings. The fourth-order valence-electron chi connectivity index (χ4n) is 5.11. The zero-order chi connectivity index (χ0) is 22.7. The van der Waals surface area contributed by atoms with Crippen LogP contribution in [0.3, 0.4) is 0 Å². The van der Waals surface area contributed by atoms with E-state index in [1.165, 1.54) is 62.5 Å². The lowest BCUT2D eigenvalue weighted by atomic mass is 9.79. The van der Waals surface area contributed by atoms with Gasteiger partial charge >= 0.3 is 0 Å². The molecule has 1 heterocycles. The fraction of sp³-hybridized carbons (Fsp3) is 0.600. The van der Waals surface area contributed by atoms with Gasteiger partial charge in [-0.15, -0.1) is 0 Å². The van der Waals surface area contributed by atoms with Crippen molar-refractivity contribution in [3.63, 3.8) is 0 Å². The first-order chi connectivity index (χ1) is 15.5. The number of benzene rings is 2. The predicted molar refractivity (Wildman–Crippen MR) is 137 cm³/mol. The lowest BCUT2D eigenvalue weighted by Gasteiger charge is -2.40. The van der Waals surface area contributed by atoms with Crippen molar-refractivity contribution in [2.45, 2.75) is 96.6 Å². The highest BCUT2D eigenvalue weighted by molar-refractivity contribution is 5.39. The van der Waals surface area contributed by atoms with Gasteiger partial charge in [-0.1, -0.05) is 120 Å². The first-order valence-electron chi connectivity index (χ1n) is 13.0. The Hall–Kier alpha value is -1.64. The Morgan fingerprint density at radius 1 is 0.750 bits per heavy atom. The summed E-state index contributed by atoms with van der Waals surface area (Å²) in [5, 5.41) is 3.76. The zero-order valence-corrected chi connectivity index (χ0v) is 20.7. The molecule has 0 bridgehead atoms. The third-order valence-corrected chi connectivity index (χ3v) is 6.86. The molecule has 3 rings (SSSR count). The average molecular weight is 436 g/mol. The van der Waals surface area contributed by atoms with Crippen LogP contribution in [0, 0.1) is 5.41 Å². The summed E-state index contributed by atoms with van der Waals surface area (Å²) in [5.41, 5.74) is 2.61. The molecular formula is C30H45NO. The number of nitrogens with one attached hydrogen (secondary N) is 1. The third kappa shape index (κ3) is 7.18. The second-order valence-electron chi connectivity index (χ2n) is 10.8. The van der Waals surface area contributed by atoms with E-state index < -0.39 is 5.60 Å². The van der Waals surface area contributed by atoms with Gasteiger partial charge in [-0.2, -0.15) is 0 Å². The number of hydrogen-bond acceptors (Lipinski definition) is 2. The Labute approximate surface area is 197 Å². The van der Waals surface area contributed by atoms with Crippen LogP contribution in [-0.4, -0.2) is 19.2 Å². The first-order valence-corrected chi connectivity index (χ1v) is 13.0. The second-order valence-corrected chi connectivity index (χ2v) is 10.8. The lowest BCUT2D eigenvalue weighted by Crippen LogP contribution is -2.48. The molecule has 1 aliphatic heterocycles. The zero-order valence-electron chi connectivity index (χ0n) is 20.7. The van der Waals surface area contributed by atoms with Crippen LogP contribution in [0.15, 0.2) is 60.7 Å². The van der Waals surface area contributed by atoms with Crippen molar-refractivity contribution in [1.29, 1.82) is 0 Å². The molecule has 0 aliphatic carbocycles. The van der Waals surface area contributed by atoms with Gasteiger partial charge in [0.15, 0.2) is 0 Å². The van der Waals surface area contributed by atoms with Crippen LogP contribution in [0.25, 0.3) is 0 Å². The van der Waals surface area contributed by atoms with Crippen molar-refractivity contribution < 1.29 is 4.74 Å². The standard InChI is InChI=1S/C30H45NO/c1-29(2,3)23-15-7-5-4-6-8-16-25-32-30(28-22-17-24-31-28,26-18-11-9-12-19-26)27-20-13-10-14-21-27/h9-14,18-21,28,31H,4-8,15-17,22-25H2,1-3H3. The molecule has 2 aromatic carbocycles. The summed E-state index contributed by atoms with van der Waals surface area (Å²) in [6.07, 6.45) is 12.9. The van der Waals surface area contributed by atoms with Crippen LogP contribution in [0.2, 0.25) is 0 Å². The van der Waals surface area contributed by atoms with Gasteiger partial charge in [0, 0.05) is 12.6 Å². The molecule has 32 heavy (non-hydrogen) atoms. The summed E-state index contributed by atoms with van der Waals surface area (Å²) in [6.45, 7) is 8.92. The average Bonchev–Trinajstić information content (AvgIpc) is 3.33. The highest BCUT2D eigenvalue weighted by Gasteiger charge is 2.44. The Balaban J connectivity index is 1.55. The van der Waals surface area contributed by atoms with E-state index >= 15 is 0 Å². The van der Waals surface area contributed by atoms with Crippen molar-refractivity contribution in [3.8, 4) is 0 Å². The predicted octanol–water partition coefficient (Wildman–Crippen LogP) is 7.87. The Bertz CT molecular complexity index is 704. The number of rotatable bonds is 13. The van der Waals surface area contributed by atoms with Crippen LogP contribution in [-0.2, 0) is 10.3 Å². The molecule has 2 nitrogen and oxygen atoms in total. The van der Waals surface area contributed by atoms with Crippen LogP contribution in [0.5, 0.6) is 0 Å². The summed E-state index contributed by atoms with van der Waals surface area (Å²) in [6, 6.07) is 22.1. The monoisotopic (exact) mass is 435 g/mol. The molecule has 176 valence electrons. The van der Waals surface area contributed by atoms with E-state index in [0.29, 0.717) is 11.5 Å². The van der Waals surface area contributed by atoms with E-state index in [0.717, 1.165) is 26.0 Å².